The predicted octanol–water partition coefficient (Wildman–Crippen LogP) is 0.375. The Morgan fingerprint density at radius 1 is 1.56 bits per heavy atom. The molecule has 0 saturated heterocycles. The van der Waals surface area contributed by atoms with Crippen LogP contribution in [0, 0.1) is 0 Å². The van der Waals surface area contributed by atoms with E-state index >= 15 is 0 Å². The van der Waals surface area contributed by atoms with E-state index < -0.39 is 0 Å². The van der Waals surface area contributed by atoms with Crippen molar-refractivity contribution in [2.24, 2.45) is 0 Å². The fourth-order valence-corrected chi connectivity index (χ4v) is 1.05. The zero-order valence-electron chi connectivity index (χ0n) is 9.73. The molecule has 16 heavy (non-hydrogen) atoms. The maximum absolute atomic E-state index is 11.3. The smallest absolute Gasteiger partial charge is 0.225 e. The van der Waals surface area contributed by atoms with Crippen LogP contribution in [0.1, 0.15) is 6.42 Å². The molecule has 0 bridgehead atoms. The van der Waals surface area contributed by atoms with Crippen molar-refractivity contribution < 1.29 is 9.53 Å². The van der Waals surface area contributed by atoms with Gasteiger partial charge in [0.25, 0.3) is 0 Å². The topological polar surface area (TPSA) is 67.3 Å². The molecule has 0 unspecified atom stereocenters. The van der Waals surface area contributed by atoms with E-state index in [1.807, 2.05) is 0 Å². The van der Waals surface area contributed by atoms with Gasteiger partial charge < -0.3 is 15.0 Å². The maximum Gasteiger partial charge on any atom is 0.225 e. The summed E-state index contributed by atoms with van der Waals surface area (Å²) in [6.45, 7) is 0.504. The van der Waals surface area contributed by atoms with Gasteiger partial charge in [0.2, 0.25) is 17.7 Å². The lowest BCUT2D eigenvalue weighted by molar-refractivity contribution is -0.128. The summed E-state index contributed by atoms with van der Waals surface area (Å²) in [5.74, 6) is 1.03. The van der Waals surface area contributed by atoms with Gasteiger partial charge in [-0.3, -0.25) is 4.79 Å². The van der Waals surface area contributed by atoms with Gasteiger partial charge in [0.05, 0.1) is 7.11 Å². The van der Waals surface area contributed by atoms with Crippen LogP contribution in [-0.2, 0) is 4.79 Å². The molecule has 0 aliphatic rings. The number of anilines is 1. The van der Waals surface area contributed by atoms with Crippen LogP contribution in [-0.4, -0.2) is 48.5 Å². The standard InChI is InChI=1S/C10H16N4O2/c1-14(2)9(15)5-7-12-10-11-6-4-8(13-10)16-3/h4,6H,5,7H2,1-3H3,(H,11,12,13). The van der Waals surface area contributed by atoms with Crippen LogP contribution in [0.2, 0.25) is 0 Å². The first kappa shape index (κ1) is 12.2. The first-order valence-corrected chi connectivity index (χ1v) is 4.94. The minimum Gasteiger partial charge on any atom is -0.481 e. The third-order valence-electron chi connectivity index (χ3n) is 1.96. The summed E-state index contributed by atoms with van der Waals surface area (Å²) >= 11 is 0. The number of methoxy groups -OCH3 is 1. The summed E-state index contributed by atoms with van der Waals surface area (Å²) in [5, 5.41) is 2.96. The Kier molecular flexibility index (Phi) is 4.50. The van der Waals surface area contributed by atoms with Crippen molar-refractivity contribution in [1.29, 1.82) is 0 Å². The number of ether oxygens (including phenoxy) is 1. The van der Waals surface area contributed by atoms with E-state index in [1.54, 1.807) is 38.4 Å². The second-order valence-electron chi connectivity index (χ2n) is 3.39. The monoisotopic (exact) mass is 224 g/mol. The highest BCUT2D eigenvalue weighted by molar-refractivity contribution is 5.75. The van der Waals surface area contributed by atoms with Crippen LogP contribution in [0.4, 0.5) is 5.95 Å². The number of nitrogens with zero attached hydrogens (tertiary/aromatic N) is 3. The first-order chi connectivity index (χ1) is 7.63. The molecule has 0 saturated carbocycles. The molecule has 1 N–H and O–H groups in total. The van der Waals surface area contributed by atoms with E-state index in [1.165, 1.54) is 0 Å². The Balaban J connectivity index is 2.40. The Bertz CT molecular complexity index is 354. The summed E-state index contributed by atoms with van der Waals surface area (Å²) in [6.07, 6.45) is 2.01. The van der Waals surface area contributed by atoms with Crippen molar-refractivity contribution in [3.63, 3.8) is 0 Å². The highest BCUT2D eigenvalue weighted by Crippen LogP contribution is 2.06. The lowest BCUT2D eigenvalue weighted by Gasteiger charge is -2.10. The molecule has 0 aromatic carbocycles. The van der Waals surface area contributed by atoms with Gasteiger partial charge in [0, 0.05) is 39.3 Å². The minimum absolute atomic E-state index is 0.0652. The summed E-state index contributed by atoms with van der Waals surface area (Å²) in [5.41, 5.74) is 0. The molecule has 6 nitrogen and oxygen atoms in total. The molecule has 1 heterocycles. The van der Waals surface area contributed by atoms with Gasteiger partial charge in [-0.25, -0.2) is 4.98 Å². The van der Waals surface area contributed by atoms with Crippen LogP contribution in [0.15, 0.2) is 12.3 Å². The lowest BCUT2D eigenvalue weighted by Crippen LogP contribution is -2.24. The van der Waals surface area contributed by atoms with E-state index in [0.717, 1.165) is 0 Å². The number of carbonyl (C=O) groups excluding carboxylic acids is 1. The van der Waals surface area contributed by atoms with Gasteiger partial charge in [-0.05, 0) is 0 Å². The molecule has 0 fully saturated rings. The third-order valence-corrected chi connectivity index (χ3v) is 1.96. The number of hydrogen-bond donors (Lipinski definition) is 1. The number of carbonyl (C=O) groups is 1. The van der Waals surface area contributed by atoms with Crippen molar-refractivity contribution in [3.8, 4) is 5.88 Å². The number of aromatic nitrogens is 2. The van der Waals surface area contributed by atoms with Crippen LogP contribution in [0.25, 0.3) is 0 Å². The van der Waals surface area contributed by atoms with Crippen LogP contribution in [0.3, 0.4) is 0 Å². The van der Waals surface area contributed by atoms with Crippen molar-refractivity contribution in [2.45, 2.75) is 6.42 Å². The molecule has 1 amide bonds. The fraction of sp³-hybridized carbons (Fsp3) is 0.500. The Morgan fingerprint density at radius 3 is 2.94 bits per heavy atom. The van der Waals surface area contributed by atoms with Gasteiger partial charge >= 0.3 is 0 Å². The van der Waals surface area contributed by atoms with Crippen molar-refractivity contribution in [1.82, 2.24) is 14.9 Å². The summed E-state index contributed by atoms with van der Waals surface area (Å²) in [4.78, 5) is 20.9. The maximum atomic E-state index is 11.3. The number of nitrogens with one attached hydrogen (secondary N) is 1. The van der Waals surface area contributed by atoms with Gasteiger partial charge in [-0.1, -0.05) is 0 Å². The van der Waals surface area contributed by atoms with Crippen LogP contribution in [0.5, 0.6) is 5.88 Å². The number of amides is 1. The number of hydrogen-bond acceptors (Lipinski definition) is 5. The Labute approximate surface area is 94.6 Å². The fourth-order valence-electron chi connectivity index (χ4n) is 1.05. The molecule has 1 aromatic rings. The molecule has 0 aliphatic heterocycles. The molecule has 1 aromatic heterocycles. The van der Waals surface area contributed by atoms with E-state index in [-0.39, 0.29) is 5.91 Å². The highest BCUT2D eigenvalue weighted by atomic mass is 16.5. The van der Waals surface area contributed by atoms with E-state index in [9.17, 15) is 4.79 Å². The zero-order valence-corrected chi connectivity index (χ0v) is 9.73. The molecule has 6 heteroatoms. The molecular formula is C10H16N4O2. The van der Waals surface area contributed by atoms with Crippen LogP contribution >= 0.6 is 0 Å². The zero-order chi connectivity index (χ0) is 12.0. The SMILES string of the molecule is COc1ccnc(NCCC(=O)N(C)C)n1. The van der Waals surface area contributed by atoms with E-state index in [4.69, 9.17) is 4.74 Å². The van der Waals surface area contributed by atoms with Gasteiger partial charge in [-0.15, -0.1) is 0 Å². The molecule has 88 valence electrons. The molecule has 0 aliphatic carbocycles. The summed E-state index contributed by atoms with van der Waals surface area (Å²) in [6, 6.07) is 1.66. The van der Waals surface area contributed by atoms with Crippen molar-refractivity contribution >= 4 is 11.9 Å². The average molecular weight is 224 g/mol. The van der Waals surface area contributed by atoms with Crippen molar-refractivity contribution in [3.05, 3.63) is 12.3 Å². The summed E-state index contributed by atoms with van der Waals surface area (Å²) in [7, 11) is 5.00. The normalized spacial score (nSPS) is 9.69. The average Bonchev–Trinajstić information content (AvgIpc) is 2.29. The Hall–Kier alpha value is -1.85. The molecule has 1 rings (SSSR count). The first-order valence-electron chi connectivity index (χ1n) is 4.94. The predicted molar refractivity (Wildman–Crippen MR) is 60.4 cm³/mol. The van der Waals surface area contributed by atoms with Gasteiger partial charge in [0.15, 0.2) is 0 Å². The van der Waals surface area contributed by atoms with E-state index in [0.29, 0.717) is 24.8 Å². The Morgan fingerprint density at radius 2 is 2.31 bits per heavy atom. The third kappa shape index (κ3) is 3.72. The van der Waals surface area contributed by atoms with Crippen LogP contribution < -0.4 is 10.1 Å². The number of rotatable bonds is 5. The molecule has 0 atom stereocenters. The molecular weight excluding hydrogens is 208 g/mol. The summed E-state index contributed by atoms with van der Waals surface area (Å²) < 4.78 is 4.95. The second-order valence-corrected chi connectivity index (χ2v) is 3.39. The van der Waals surface area contributed by atoms with Gasteiger partial charge in [-0.2, -0.15) is 4.98 Å². The lowest BCUT2D eigenvalue weighted by atomic mass is 10.4. The minimum atomic E-state index is 0.0652. The van der Waals surface area contributed by atoms with E-state index in [2.05, 4.69) is 15.3 Å². The van der Waals surface area contributed by atoms with Crippen molar-refractivity contribution in [2.75, 3.05) is 33.1 Å². The second kappa shape index (κ2) is 5.89. The van der Waals surface area contributed by atoms with Gasteiger partial charge in [0.1, 0.15) is 0 Å². The highest BCUT2D eigenvalue weighted by Gasteiger charge is 2.04. The molecule has 0 spiro atoms. The largest absolute Gasteiger partial charge is 0.481 e. The quantitative estimate of drug-likeness (QED) is 0.783. The molecule has 0 radical (unpaired) electrons.